The Labute approximate surface area is 190 Å². The number of aliphatic hydroxyl groups is 1. The molecule has 1 saturated carbocycles. The number of carbonyl (C=O) groups excluding carboxylic acids is 3. The van der Waals surface area contributed by atoms with Gasteiger partial charge in [-0.2, -0.15) is 12.7 Å². The molecule has 2 heterocycles. The number of nitrogens with zero attached hydrogens (tertiary/aromatic N) is 2. The van der Waals surface area contributed by atoms with E-state index in [1.807, 2.05) is 19.1 Å². The van der Waals surface area contributed by atoms with Crippen LogP contribution in [0.2, 0.25) is 0 Å². The molecule has 1 saturated heterocycles. The molecule has 0 radical (unpaired) electrons. The molecule has 0 aromatic rings. The van der Waals surface area contributed by atoms with Crippen molar-refractivity contribution in [1.82, 2.24) is 13.9 Å². The summed E-state index contributed by atoms with van der Waals surface area (Å²) in [6, 6.07) is -0.787. The van der Waals surface area contributed by atoms with Gasteiger partial charge in [0.1, 0.15) is 0 Å². The van der Waals surface area contributed by atoms with Crippen molar-refractivity contribution in [2.45, 2.75) is 70.4 Å². The van der Waals surface area contributed by atoms with Gasteiger partial charge in [-0.3, -0.25) is 14.4 Å². The Hall–Kier alpha value is -1.78. The number of hydrogen-bond acceptors (Lipinski definition) is 6. The molecule has 0 aromatic heterocycles. The van der Waals surface area contributed by atoms with Gasteiger partial charge in [0.25, 0.3) is 0 Å². The van der Waals surface area contributed by atoms with Crippen molar-refractivity contribution in [3.05, 3.63) is 12.2 Å². The van der Waals surface area contributed by atoms with Gasteiger partial charge in [-0.15, -0.1) is 0 Å². The van der Waals surface area contributed by atoms with E-state index in [9.17, 15) is 27.9 Å². The first-order valence-corrected chi connectivity index (χ1v) is 12.8. The van der Waals surface area contributed by atoms with Gasteiger partial charge in [-0.1, -0.05) is 31.9 Å². The molecule has 0 unspecified atom stereocenters. The van der Waals surface area contributed by atoms with Crippen molar-refractivity contribution in [2.75, 3.05) is 20.6 Å². The summed E-state index contributed by atoms with van der Waals surface area (Å²) in [5.41, 5.74) is -1.15. The number of Topliss-reactive ketones (excluding diaryl/α,β-unsaturated/α-hetero) is 1. The van der Waals surface area contributed by atoms with Gasteiger partial charge in [0.2, 0.25) is 11.8 Å². The molecule has 0 spiro atoms. The monoisotopic (exact) mass is 469 g/mol. The SMILES string of the molecule is C[C@H]1CCCCC/C=C\[C@H]2C[C@@]2(C(=O)NS(=O)(=O)N(C)C)CC(=O)[C@@H]2C[C@@H](O)CN2C1=O. The molecular formula is C22H35N3O6S. The molecule has 2 N–H and O–H groups in total. The van der Waals surface area contributed by atoms with Crippen molar-refractivity contribution < 1.29 is 27.9 Å². The molecule has 3 rings (SSSR count). The third kappa shape index (κ3) is 5.23. The molecule has 3 aliphatic rings. The standard InChI is InChI=1S/C22H35N3O6S/c1-15-9-7-5-4-6-8-10-16-12-22(16,21(29)23-32(30,31)24(2)3)13-19(27)18-11-17(26)14-25(18)20(15)28/h8,10,15-18,26H,4-7,9,11-14H2,1-3H3,(H,23,29)/b10-8-/t15-,16-,17+,18-,22+/m0/s1. The summed E-state index contributed by atoms with van der Waals surface area (Å²) in [5.74, 6) is -1.61. The summed E-state index contributed by atoms with van der Waals surface area (Å²) < 4.78 is 27.5. The molecular weight excluding hydrogens is 434 g/mol. The lowest BCUT2D eigenvalue weighted by atomic mass is 9.91. The Morgan fingerprint density at radius 3 is 2.66 bits per heavy atom. The van der Waals surface area contributed by atoms with E-state index >= 15 is 0 Å². The molecule has 1 aliphatic carbocycles. The van der Waals surface area contributed by atoms with Crippen LogP contribution in [0.1, 0.15) is 58.3 Å². The lowest BCUT2D eigenvalue weighted by Crippen LogP contribution is -2.47. The summed E-state index contributed by atoms with van der Waals surface area (Å²) in [6.07, 6.45) is 7.92. The van der Waals surface area contributed by atoms with Crippen molar-refractivity contribution in [1.29, 1.82) is 0 Å². The van der Waals surface area contributed by atoms with Crippen LogP contribution in [0.5, 0.6) is 0 Å². The molecule has 32 heavy (non-hydrogen) atoms. The molecule has 2 fully saturated rings. The summed E-state index contributed by atoms with van der Waals surface area (Å²) in [5, 5.41) is 10.2. The van der Waals surface area contributed by atoms with Crippen LogP contribution in [-0.4, -0.2) is 73.1 Å². The van der Waals surface area contributed by atoms with Gasteiger partial charge in [-0.25, -0.2) is 4.72 Å². The topological polar surface area (TPSA) is 124 Å². The van der Waals surface area contributed by atoms with E-state index in [-0.39, 0.29) is 42.9 Å². The second-order valence-corrected chi connectivity index (χ2v) is 11.6. The van der Waals surface area contributed by atoms with Gasteiger partial charge in [0, 0.05) is 39.4 Å². The Morgan fingerprint density at radius 2 is 1.97 bits per heavy atom. The van der Waals surface area contributed by atoms with Crippen LogP contribution in [0.25, 0.3) is 0 Å². The molecule has 0 aromatic carbocycles. The Morgan fingerprint density at radius 1 is 1.25 bits per heavy atom. The number of carbonyl (C=O) groups is 3. The maximum Gasteiger partial charge on any atom is 0.303 e. The molecule has 180 valence electrons. The zero-order valence-corrected chi connectivity index (χ0v) is 19.9. The first-order valence-electron chi connectivity index (χ1n) is 11.4. The van der Waals surface area contributed by atoms with E-state index in [0.29, 0.717) is 6.42 Å². The van der Waals surface area contributed by atoms with Crippen LogP contribution < -0.4 is 4.72 Å². The number of ketones is 1. The summed E-state index contributed by atoms with van der Waals surface area (Å²) in [4.78, 5) is 40.8. The third-order valence-electron chi connectivity index (χ3n) is 7.01. The second kappa shape index (κ2) is 9.61. The van der Waals surface area contributed by atoms with Crippen LogP contribution in [-0.2, 0) is 24.6 Å². The van der Waals surface area contributed by atoms with Crippen LogP contribution in [0.3, 0.4) is 0 Å². The summed E-state index contributed by atoms with van der Waals surface area (Å²) >= 11 is 0. The highest BCUT2D eigenvalue weighted by molar-refractivity contribution is 7.87. The number of fused-ring (bicyclic) bond motifs is 2. The summed E-state index contributed by atoms with van der Waals surface area (Å²) in [6.45, 7) is 1.96. The van der Waals surface area contributed by atoms with E-state index in [4.69, 9.17) is 0 Å². The summed E-state index contributed by atoms with van der Waals surface area (Å²) in [7, 11) is -1.34. The van der Waals surface area contributed by atoms with Gasteiger partial charge in [0.15, 0.2) is 5.78 Å². The zero-order valence-electron chi connectivity index (χ0n) is 19.1. The van der Waals surface area contributed by atoms with E-state index in [1.165, 1.54) is 19.0 Å². The van der Waals surface area contributed by atoms with Crippen LogP contribution in [0.15, 0.2) is 12.2 Å². The average molecular weight is 470 g/mol. The van der Waals surface area contributed by atoms with Crippen molar-refractivity contribution in [3.63, 3.8) is 0 Å². The highest BCUT2D eigenvalue weighted by Gasteiger charge is 2.61. The van der Waals surface area contributed by atoms with Gasteiger partial charge in [0.05, 0.1) is 17.6 Å². The minimum atomic E-state index is -3.99. The van der Waals surface area contributed by atoms with E-state index in [0.717, 1.165) is 36.4 Å². The minimum absolute atomic E-state index is 0.108. The molecule has 2 amide bonds. The number of hydrogen-bond donors (Lipinski definition) is 2. The van der Waals surface area contributed by atoms with Gasteiger partial charge >= 0.3 is 10.2 Å². The highest BCUT2D eigenvalue weighted by Crippen LogP contribution is 2.57. The van der Waals surface area contributed by atoms with Gasteiger partial charge < -0.3 is 10.0 Å². The van der Waals surface area contributed by atoms with Crippen molar-refractivity contribution in [2.24, 2.45) is 17.3 Å². The number of allylic oxidation sites excluding steroid dienone is 2. The fourth-order valence-corrected chi connectivity index (χ4v) is 5.41. The molecule has 2 aliphatic heterocycles. The number of nitrogens with one attached hydrogen (secondary N) is 1. The van der Waals surface area contributed by atoms with Crippen molar-refractivity contribution >= 4 is 27.8 Å². The predicted octanol–water partition coefficient (Wildman–Crippen LogP) is 0.993. The molecule has 5 atom stereocenters. The second-order valence-electron chi connectivity index (χ2n) is 9.69. The molecule has 0 bridgehead atoms. The van der Waals surface area contributed by atoms with E-state index in [1.54, 1.807) is 0 Å². The number of amides is 2. The lowest BCUT2D eigenvalue weighted by Gasteiger charge is -2.28. The smallest absolute Gasteiger partial charge is 0.303 e. The minimum Gasteiger partial charge on any atom is -0.391 e. The maximum absolute atomic E-state index is 13.3. The zero-order chi connectivity index (χ0) is 23.7. The molecule has 9 nitrogen and oxygen atoms in total. The number of rotatable bonds is 3. The quantitative estimate of drug-likeness (QED) is 0.594. The predicted molar refractivity (Wildman–Crippen MR) is 118 cm³/mol. The fourth-order valence-electron chi connectivity index (χ4n) is 4.79. The van der Waals surface area contributed by atoms with Crippen LogP contribution >= 0.6 is 0 Å². The van der Waals surface area contributed by atoms with E-state index in [2.05, 4.69) is 4.72 Å². The molecule has 10 heteroatoms. The Kier molecular flexibility index (Phi) is 7.46. The van der Waals surface area contributed by atoms with Crippen molar-refractivity contribution in [3.8, 4) is 0 Å². The third-order valence-corrected chi connectivity index (χ3v) is 8.41. The van der Waals surface area contributed by atoms with Crippen LogP contribution in [0, 0.1) is 17.3 Å². The first-order chi connectivity index (χ1) is 15.0. The highest BCUT2D eigenvalue weighted by atomic mass is 32.2. The fraction of sp³-hybridized carbons (Fsp3) is 0.773. The Bertz CT molecular complexity index is 886. The van der Waals surface area contributed by atoms with E-state index < -0.39 is 33.7 Å². The lowest BCUT2D eigenvalue weighted by molar-refractivity contribution is -0.141. The number of aliphatic hydroxyl groups excluding tert-OH is 1. The van der Waals surface area contributed by atoms with Gasteiger partial charge in [-0.05, 0) is 31.6 Å². The van der Waals surface area contributed by atoms with Crippen LogP contribution in [0.4, 0.5) is 0 Å². The normalized spacial score (nSPS) is 35.5. The first kappa shape index (κ1) is 24.9. The average Bonchev–Trinajstić information content (AvgIpc) is 3.26. The Balaban J connectivity index is 1.88. The largest absolute Gasteiger partial charge is 0.391 e. The maximum atomic E-state index is 13.3.